The molecule has 3 rings (SSSR count). The van der Waals surface area contributed by atoms with E-state index in [0.717, 1.165) is 15.5 Å². The van der Waals surface area contributed by atoms with Crippen molar-refractivity contribution in [3.05, 3.63) is 46.9 Å². The first-order valence-corrected chi connectivity index (χ1v) is 5.84. The van der Waals surface area contributed by atoms with Gasteiger partial charge in [0.2, 0.25) is 0 Å². The van der Waals surface area contributed by atoms with Crippen LogP contribution in [0.15, 0.2) is 46.9 Å². The summed E-state index contributed by atoms with van der Waals surface area (Å²) in [6.45, 7) is 0. The first-order chi connectivity index (χ1) is 8.24. The fraction of sp³-hybridized carbons (Fsp3) is 0. The predicted molar refractivity (Wildman–Crippen MR) is 68.2 cm³/mol. The van der Waals surface area contributed by atoms with E-state index in [-0.39, 0.29) is 5.75 Å². The van der Waals surface area contributed by atoms with E-state index in [1.54, 1.807) is 12.1 Å². The van der Waals surface area contributed by atoms with Crippen LogP contribution in [0.25, 0.3) is 16.7 Å². The molecule has 0 amide bonds. The van der Waals surface area contributed by atoms with Crippen molar-refractivity contribution in [1.82, 2.24) is 15.0 Å². The lowest BCUT2D eigenvalue weighted by atomic mass is 10.3. The van der Waals surface area contributed by atoms with Crippen molar-refractivity contribution >= 4 is 27.0 Å². The molecule has 0 bridgehead atoms. The van der Waals surface area contributed by atoms with Crippen molar-refractivity contribution in [3.63, 3.8) is 0 Å². The van der Waals surface area contributed by atoms with Crippen LogP contribution in [0.2, 0.25) is 0 Å². The first kappa shape index (κ1) is 10.3. The zero-order valence-electron chi connectivity index (χ0n) is 8.71. The van der Waals surface area contributed by atoms with E-state index < -0.39 is 0 Å². The topological polar surface area (TPSA) is 50.9 Å². The second-order valence-electron chi connectivity index (χ2n) is 3.61. The quantitative estimate of drug-likeness (QED) is 0.749. The van der Waals surface area contributed by atoms with Crippen molar-refractivity contribution in [2.75, 3.05) is 0 Å². The molecule has 0 spiro atoms. The average molecular weight is 290 g/mol. The third kappa shape index (κ3) is 1.78. The lowest BCUT2D eigenvalue weighted by molar-refractivity contribution is 0.467. The van der Waals surface area contributed by atoms with E-state index in [0.29, 0.717) is 5.69 Å². The maximum atomic E-state index is 9.84. The minimum atomic E-state index is 0.139. The van der Waals surface area contributed by atoms with Gasteiger partial charge in [-0.3, -0.25) is 0 Å². The fourth-order valence-corrected chi connectivity index (χ4v) is 1.98. The van der Waals surface area contributed by atoms with Gasteiger partial charge in [-0.15, -0.1) is 15.0 Å². The number of hydrogen-bond donors (Lipinski definition) is 1. The molecule has 0 unspecified atom stereocenters. The molecule has 0 radical (unpaired) electrons. The number of hydrogen-bond acceptors (Lipinski definition) is 3. The molecule has 1 N–H and O–H groups in total. The molecule has 2 aromatic carbocycles. The Labute approximate surface area is 106 Å². The predicted octanol–water partition coefficient (Wildman–Crippen LogP) is 2.89. The second kappa shape index (κ2) is 3.85. The highest BCUT2D eigenvalue weighted by molar-refractivity contribution is 9.10. The Morgan fingerprint density at radius 1 is 1.00 bits per heavy atom. The van der Waals surface area contributed by atoms with Crippen LogP contribution in [-0.2, 0) is 0 Å². The molecule has 0 aliphatic rings. The summed E-state index contributed by atoms with van der Waals surface area (Å²) in [6.07, 6.45) is 0. The molecule has 3 aromatic rings. The van der Waals surface area contributed by atoms with Crippen molar-refractivity contribution in [3.8, 4) is 11.4 Å². The number of benzene rings is 2. The van der Waals surface area contributed by atoms with Gasteiger partial charge >= 0.3 is 0 Å². The molecular formula is C12H8BrN3O. The van der Waals surface area contributed by atoms with Crippen LogP contribution in [0.4, 0.5) is 0 Å². The molecule has 17 heavy (non-hydrogen) atoms. The Bertz CT molecular complexity index is 660. The van der Waals surface area contributed by atoms with Crippen LogP contribution < -0.4 is 0 Å². The largest absolute Gasteiger partial charge is 0.506 e. The summed E-state index contributed by atoms with van der Waals surface area (Å²) in [4.78, 5) is 1.44. The molecule has 84 valence electrons. The molecule has 0 atom stereocenters. The van der Waals surface area contributed by atoms with Crippen LogP contribution in [-0.4, -0.2) is 20.1 Å². The standard InChI is InChI=1S/C12H8BrN3O/c13-8-5-6-11(12(17)7-8)16-14-9-3-1-2-4-10(9)15-16/h1-7,17H. The minimum absolute atomic E-state index is 0.139. The molecule has 0 saturated heterocycles. The third-order valence-corrected chi connectivity index (χ3v) is 2.93. The molecule has 0 aliphatic heterocycles. The van der Waals surface area contributed by atoms with Gasteiger partial charge in [-0.25, -0.2) is 0 Å². The molecule has 0 saturated carbocycles. The summed E-state index contributed by atoms with van der Waals surface area (Å²) in [5.74, 6) is 0.139. The number of fused-ring (bicyclic) bond motifs is 1. The molecule has 1 aromatic heterocycles. The van der Waals surface area contributed by atoms with E-state index >= 15 is 0 Å². The van der Waals surface area contributed by atoms with Crippen LogP contribution in [0.1, 0.15) is 0 Å². The van der Waals surface area contributed by atoms with E-state index in [9.17, 15) is 5.11 Å². The highest BCUT2D eigenvalue weighted by atomic mass is 79.9. The summed E-state index contributed by atoms with van der Waals surface area (Å²) in [6, 6.07) is 12.8. The van der Waals surface area contributed by atoms with Gasteiger partial charge in [0.15, 0.2) is 0 Å². The van der Waals surface area contributed by atoms with E-state index in [4.69, 9.17) is 0 Å². The van der Waals surface area contributed by atoms with Crippen LogP contribution >= 0.6 is 15.9 Å². The van der Waals surface area contributed by atoms with Crippen LogP contribution in [0, 0.1) is 0 Å². The summed E-state index contributed by atoms with van der Waals surface area (Å²) >= 11 is 3.29. The van der Waals surface area contributed by atoms with Crippen LogP contribution in [0.5, 0.6) is 5.75 Å². The Morgan fingerprint density at radius 2 is 1.65 bits per heavy atom. The molecule has 5 heteroatoms. The Balaban J connectivity index is 2.20. The summed E-state index contributed by atoms with van der Waals surface area (Å²) < 4.78 is 0.815. The van der Waals surface area contributed by atoms with E-state index in [1.807, 2.05) is 30.3 Å². The van der Waals surface area contributed by atoms with Gasteiger partial charge in [-0.2, -0.15) is 0 Å². The smallest absolute Gasteiger partial charge is 0.144 e. The number of aromatic hydroxyl groups is 1. The van der Waals surface area contributed by atoms with Crippen LogP contribution in [0.3, 0.4) is 0 Å². The third-order valence-electron chi connectivity index (χ3n) is 2.44. The Hall–Kier alpha value is -1.88. The lowest BCUT2D eigenvalue weighted by Gasteiger charge is -2.02. The van der Waals surface area contributed by atoms with E-state index in [1.165, 1.54) is 4.80 Å². The molecule has 4 nitrogen and oxygen atoms in total. The van der Waals surface area contributed by atoms with Gasteiger partial charge in [0.05, 0.1) is 0 Å². The number of nitrogens with zero attached hydrogens (tertiary/aromatic N) is 3. The first-order valence-electron chi connectivity index (χ1n) is 5.05. The summed E-state index contributed by atoms with van der Waals surface area (Å²) in [5.41, 5.74) is 2.16. The zero-order chi connectivity index (χ0) is 11.8. The normalized spacial score (nSPS) is 10.9. The molecule has 1 heterocycles. The van der Waals surface area contributed by atoms with Gasteiger partial charge in [-0.1, -0.05) is 28.1 Å². The summed E-state index contributed by atoms with van der Waals surface area (Å²) in [7, 11) is 0. The van der Waals surface area contributed by atoms with Gasteiger partial charge in [0.25, 0.3) is 0 Å². The van der Waals surface area contributed by atoms with E-state index in [2.05, 4.69) is 26.1 Å². The Morgan fingerprint density at radius 3 is 2.24 bits per heavy atom. The maximum absolute atomic E-state index is 9.84. The summed E-state index contributed by atoms with van der Waals surface area (Å²) in [5, 5.41) is 18.4. The van der Waals surface area contributed by atoms with Crippen molar-refractivity contribution in [2.45, 2.75) is 0 Å². The van der Waals surface area contributed by atoms with Crippen molar-refractivity contribution < 1.29 is 5.11 Å². The average Bonchev–Trinajstić information content (AvgIpc) is 2.72. The highest BCUT2D eigenvalue weighted by Crippen LogP contribution is 2.25. The number of phenols is 1. The number of rotatable bonds is 1. The monoisotopic (exact) mass is 289 g/mol. The number of aromatic nitrogens is 3. The highest BCUT2D eigenvalue weighted by Gasteiger charge is 2.08. The fourth-order valence-electron chi connectivity index (χ4n) is 1.63. The molecule has 0 aliphatic carbocycles. The minimum Gasteiger partial charge on any atom is -0.506 e. The molecule has 0 fully saturated rings. The Kier molecular flexibility index (Phi) is 2.33. The van der Waals surface area contributed by atoms with Gasteiger partial charge in [-0.05, 0) is 30.3 Å². The second-order valence-corrected chi connectivity index (χ2v) is 4.53. The van der Waals surface area contributed by atoms with Gasteiger partial charge in [0, 0.05) is 4.47 Å². The molecular weight excluding hydrogens is 282 g/mol. The zero-order valence-corrected chi connectivity index (χ0v) is 10.3. The van der Waals surface area contributed by atoms with Gasteiger partial charge in [0.1, 0.15) is 22.5 Å². The lowest BCUT2D eigenvalue weighted by Crippen LogP contribution is -1.98. The number of phenolic OH excluding ortho intramolecular Hbond substituents is 1. The number of halogens is 1. The maximum Gasteiger partial charge on any atom is 0.144 e. The van der Waals surface area contributed by atoms with Gasteiger partial charge < -0.3 is 5.11 Å². The van der Waals surface area contributed by atoms with Crippen molar-refractivity contribution in [1.29, 1.82) is 0 Å². The van der Waals surface area contributed by atoms with Crippen molar-refractivity contribution in [2.24, 2.45) is 0 Å². The SMILES string of the molecule is Oc1cc(Br)ccc1-n1nc2ccccc2n1.